The Morgan fingerprint density at radius 3 is 2.57 bits per heavy atom. The van der Waals surface area contributed by atoms with Crippen LogP contribution in [0.4, 0.5) is 0 Å². The van der Waals surface area contributed by atoms with Gasteiger partial charge in [-0.3, -0.25) is 4.79 Å². The van der Waals surface area contributed by atoms with E-state index in [2.05, 4.69) is 13.0 Å². The molecule has 0 bridgehead atoms. The maximum atomic E-state index is 13.4. The molecule has 3 aliphatic rings. The zero-order chi connectivity index (χ0) is 26.7. The van der Waals surface area contributed by atoms with E-state index in [-0.39, 0.29) is 36.2 Å². The quantitative estimate of drug-likeness (QED) is 0.499. The number of allylic oxidation sites excluding steroid dienone is 2. The molecule has 4 rings (SSSR count). The van der Waals surface area contributed by atoms with Gasteiger partial charge in [0, 0.05) is 18.8 Å². The minimum atomic E-state index is -0.746. The van der Waals surface area contributed by atoms with Crippen LogP contribution < -0.4 is 4.74 Å². The number of para-hydroxylation sites is 1. The van der Waals surface area contributed by atoms with E-state index in [9.17, 15) is 19.8 Å². The Labute approximate surface area is 219 Å². The number of cyclic esters (lactones) is 1. The van der Waals surface area contributed by atoms with Crippen LogP contribution in [0.1, 0.15) is 63.5 Å². The van der Waals surface area contributed by atoms with Gasteiger partial charge in [0.2, 0.25) is 0 Å². The van der Waals surface area contributed by atoms with Crippen LogP contribution >= 0.6 is 0 Å². The Balaban J connectivity index is 1.49. The van der Waals surface area contributed by atoms with E-state index in [1.54, 1.807) is 0 Å². The van der Waals surface area contributed by atoms with E-state index >= 15 is 0 Å². The van der Waals surface area contributed by atoms with E-state index in [4.69, 9.17) is 14.2 Å². The summed E-state index contributed by atoms with van der Waals surface area (Å²) in [5, 5.41) is 20.6. The highest BCUT2D eigenvalue weighted by Gasteiger charge is 2.43. The maximum Gasteiger partial charge on any atom is 0.347 e. The summed E-state index contributed by atoms with van der Waals surface area (Å²) >= 11 is 0. The van der Waals surface area contributed by atoms with Crippen molar-refractivity contribution >= 4 is 11.9 Å². The van der Waals surface area contributed by atoms with Crippen LogP contribution in [0.5, 0.6) is 5.75 Å². The third kappa shape index (κ3) is 6.44. The number of aliphatic hydroxyl groups is 2. The van der Waals surface area contributed by atoms with Gasteiger partial charge in [0.25, 0.3) is 0 Å². The second-order valence-electron chi connectivity index (χ2n) is 10.9. The summed E-state index contributed by atoms with van der Waals surface area (Å²) in [5.74, 6) is 0.202. The molecule has 0 aromatic heterocycles. The molecule has 1 unspecified atom stereocenters. The number of carbonyl (C=O) groups is 2. The first-order valence-corrected chi connectivity index (χ1v) is 13.5. The SMILES string of the molecule is CCC(Oc1c(C)cccc1C)C(=O)O[C@H]1C[C@H](O)C=C2C=C[C@H](C)[C@H](CC[C@@H]3C[C@@H](O)CC(=O)O3)[C@H]21. The van der Waals surface area contributed by atoms with E-state index in [1.807, 2.05) is 51.1 Å². The molecule has 2 aliphatic carbocycles. The van der Waals surface area contributed by atoms with Crippen LogP contribution in [-0.2, 0) is 19.1 Å². The lowest BCUT2D eigenvalue weighted by Gasteiger charge is -2.43. The number of benzene rings is 1. The van der Waals surface area contributed by atoms with Crippen molar-refractivity contribution in [3.05, 3.63) is 53.1 Å². The number of aryl methyl sites for hydroxylation is 2. The number of hydrogen-bond donors (Lipinski definition) is 2. The van der Waals surface area contributed by atoms with Gasteiger partial charge in [-0.15, -0.1) is 0 Å². The van der Waals surface area contributed by atoms with Gasteiger partial charge in [-0.05, 0) is 61.6 Å². The van der Waals surface area contributed by atoms with E-state index in [1.165, 1.54) is 0 Å². The van der Waals surface area contributed by atoms with E-state index in [0.29, 0.717) is 31.4 Å². The molecule has 1 aliphatic heterocycles. The second-order valence-corrected chi connectivity index (χ2v) is 10.9. The summed E-state index contributed by atoms with van der Waals surface area (Å²) in [4.78, 5) is 25.2. The minimum absolute atomic E-state index is 0.0488. The Bertz CT molecular complexity index is 1020. The average molecular weight is 513 g/mol. The summed E-state index contributed by atoms with van der Waals surface area (Å²) in [6, 6.07) is 5.87. The summed E-state index contributed by atoms with van der Waals surface area (Å²) < 4.78 is 17.7. The van der Waals surface area contributed by atoms with Crippen molar-refractivity contribution in [2.75, 3.05) is 0 Å². The fourth-order valence-corrected chi connectivity index (χ4v) is 6.05. The summed E-state index contributed by atoms with van der Waals surface area (Å²) in [6.45, 7) is 7.95. The zero-order valence-electron chi connectivity index (χ0n) is 22.3. The van der Waals surface area contributed by atoms with Crippen molar-refractivity contribution in [1.82, 2.24) is 0 Å². The third-order valence-corrected chi connectivity index (χ3v) is 8.00. The van der Waals surface area contributed by atoms with Crippen molar-refractivity contribution in [3.63, 3.8) is 0 Å². The molecule has 2 N–H and O–H groups in total. The Morgan fingerprint density at radius 1 is 1.16 bits per heavy atom. The average Bonchev–Trinajstić information content (AvgIpc) is 2.82. The van der Waals surface area contributed by atoms with Crippen LogP contribution in [0, 0.1) is 31.6 Å². The van der Waals surface area contributed by atoms with Crippen LogP contribution in [0.2, 0.25) is 0 Å². The monoisotopic (exact) mass is 512 g/mol. The third-order valence-electron chi connectivity index (χ3n) is 8.00. The number of fused-ring (bicyclic) bond motifs is 1. The first-order valence-electron chi connectivity index (χ1n) is 13.5. The Kier molecular flexibility index (Phi) is 8.75. The molecule has 8 atom stereocenters. The van der Waals surface area contributed by atoms with Crippen molar-refractivity contribution in [2.24, 2.45) is 17.8 Å². The smallest absolute Gasteiger partial charge is 0.347 e. The summed E-state index contributed by atoms with van der Waals surface area (Å²) in [7, 11) is 0. The highest BCUT2D eigenvalue weighted by Crippen LogP contribution is 2.44. The van der Waals surface area contributed by atoms with Gasteiger partial charge < -0.3 is 24.4 Å². The molecule has 37 heavy (non-hydrogen) atoms. The first-order chi connectivity index (χ1) is 17.7. The summed E-state index contributed by atoms with van der Waals surface area (Å²) in [6.07, 6.45) is 5.78. The molecule has 1 aromatic carbocycles. The maximum absolute atomic E-state index is 13.4. The van der Waals surface area contributed by atoms with Crippen LogP contribution in [0.15, 0.2) is 42.0 Å². The predicted molar refractivity (Wildman–Crippen MR) is 139 cm³/mol. The molecular formula is C30H40O7. The molecule has 1 fully saturated rings. The lowest BCUT2D eigenvalue weighted by atomic mass is 9.66. The minimum Gasteiger partial charge on any atom is -0.478 e. The number of esters is 2. The number of rotatable bonds is 8. The molecule has 7 nitrogen and oxygen atoms in total. The van der Waals surface area contributed by atoms with Gasteiger partial charge in [-0.2, -0.15) is 0 Å². The largest absolute Gasteiger partial charge is 0.478 e. The molecule has 0 spiro atoms. The van der Waals surface area contributed by atoms with Crippen molar-refractivity contribution in [3.8, 4) is 5.75 Å². The molecule has 1 heterocycles. The van der Waals surface area contributed by atoms with Crippen molar-refractivity contribution < 1.29 is 34.0 Å². The number of carbonyl (C=O) groups excluding carboxylic acids is 2. The normalized spacial score (nSPS) is 32.1. The Hall–Kier alpha value is -2.64. The highest BCUT2D eigenvalue weighted by molar-refractivity contribution is 5.75. The lowest BCUT2D eigenvalue weighted by Crippen LogP contribution is -2.44. The zero-order valence-corrected chi connectivity index (χ0v) is 22.3. The summed E-state index contributed by atoms with van der Waals surface area (Å²) in [5.41, 5.74) is 2.90. The fraction of sp³-hybridized carbons (Fsp3) is 0.600. The van der Waals surface area contributed by atoms with Crippen LogP contribution in [0.3, 0.4) is 0 Å². The van der Waals surface area contributed by atoms with Gasteiger partial charge in [0.1, 0.15) is 18.0 Å². The molecule has 0 amide bonds. The predicted octanol–water partition coefficient (Wildman–Crippen LogP) is 4.35. The second kappa shape index (κ2) is 11.8. The van der Waals surface area contributed by atoms with Crippen LogP contribution in [-0.4, -0.2) is 52.7 Å². The van der Waals surface area contributed by atoms with Crippen molar-refractivity contribution in [2.45, 2.75) is 96.7 Å². The molecule has 1 saturated heterocycles. The Morgan fingerprint density at radius 2 is 1.89 bits per heavy atom. The van der Waals surface area contributed by atoms with E-state index < -0.39 is 30.4 Å². The molecular weight excluding hydrogens is 472 g/mol. The molecule has 0 saturated carbocycles. The van der Waals surface area contributed by atoms with Gasteiger partial charge >= 0.3 is 11.9 Å². The van der Waals surface area contributed by atoms with Gasteiger partial charge in [0.15, 0.2) is 6.10 Å². The lowest BCUT2D eigenvalue weighted by molar-refractivity contribution is -0.165. The number of aliphatic hydroxyl groups excluding tert-OH is 2. The van der Waals surface area contributed by atoms with Gasteiger partial charge in [-0.1, -0.05) is 50.3 Å². The van der Waals surface area contributed by atoms with Gasteiger partial charge in [-0.25, -0.2) is 4.79 Å². The fourth-order valence-electron chi connectivity index (χ4n) is 6.05. The molecule has 1 aromatic rings. The molecule has 202 valence electrons. The highest BCUT2D eigenvalue weighted by atomic mass is 16.6. The first kappa shape index (κ1) is 27.4. The van der Waals surface area contributed by atoms with Crippen LogP contribution in [0.25, 0.3) is 0 Å². The van der Waals surface area contributed by atoms with E-state index in [0.717, 1.165) is 23.1 Å². The molecule has 0 radical (unpaired) electrons. The molecule has 7 heteroatoms. The van der Waals surface area contributed by atoms with Crippen molar-refractivity contribution in [1.29, 1.82) is 0 Å². The van der Waals surface area contributed by atoms with Gasteiger partial charge in [0.05, 0.1) is 18.6 Å². The number of ether oxygens (including phenoxy) is 3. The number of hydrogen-bond acceptors (Lipinski definition) is 7. The topological polar surface area (TPSA) is 102 Å². The standard InChI is InChI=1S/C30H40O7/c1-5-25(36-29-18(3)7-6-8-19(29)4)30(34)37-26-15-21(31)13-20-10-9-17(2)24(28(20)26)12-11-23-14-22(32)16-27(33)35-23/h6-10,13,17,21-26,28,31-32H,5,11-12,14-16H2,1-4H3/t17-,21+,22+,23+,24-,25?,26-,28-/m0/s1.